The highest BCUT2D eigenvalue weighted by Gasteiger charge is 2.32. The molecule has 0 bridgehead atoms. The van der Waals surface area contributed by atoms with Crippen molar-refractivity contribution in [1.82, 2.24) is 20.9 Å². The molecule has 2 aromatic rings. The van der Waals surface area contributed by atoms with Crippen LogP contribution in [0.25, 0.3) is 10.9 Å². The Morgan fingerprint density at radius 3 is 2.75 bits per heavy atom. The number of aliphatic hydroxyl groups is 1. The highest BCUT2D eigenvalue weighted by molar-refractivity contribution is 6.35. The average Bonchev–Trinajstić information content (AvgIpc) is 3.33. The van der Waals surface area contributed by atoms with Crippen LogP contribution in [-0.4, -0.2) is 40.5 Å². The zero-order valence-electron chi connectivity index (χ0n) is 18.5. The van der Waals surface area contributed by atoms with E-state index in [1.54, 1.807) is 12.1 Å². The Morgan fingerprint density at radius 2 is 2.16 bits per heavy atom. The molecule has 1 fully saturated rings. The van der Waals surface area contributed by atoms with Gasteiger partial charge in [-0.1, -0.05) is 44.5 Å². The number of nitrogens with zero attached hydrogens (tertiary/aromatic N) is 1. The predicted molar refractivity (Wildman–Crippen MR) is 123 cm³/mol. The third-order valence-corrected chi connectivity index (χ3v) is 5.88. The standard InChI is InChI=1S/C23H30ClN5O3/c1-23(2,3)11-18(22(32)27-15(12-25)9-14-7-8-26-20(14)30)29-21(31)17-10-13-5-4-6-16(24)19(13)28-17/h4-6,10,14-15,18,21,28-29,31H,7-9,11H2,1-3H3,(H,26,30)(H,27,32). The number of amides is 2. The van der Waals surface area contributed by atoms with E-state index in [1.165, 1.54) is 0 Å². The van der Waals surface area contributed by atoms with E-state index in [4.69, 9.17) is 11.6 Å². The number of carbonyl (C=O) groups is 2. The van der Waals surface area contributed by atoms with E-state index in [1.807, 2.05) is 32.9 Å². The van der Waals surface area contributed by atoms with Crippen LogP contribution in [0.4, 0.5) is 0 Å². The number of fused-ring (bicyclic) bond motifs is 1. The highest BCUT2D eigenvalue weighted by Crippen LogP contribution is 2.27. The minimum atomic E-state index is -1.14. The molecule has 172 valence electrons. The Labute approximate surface area is 192 Å². The van der Waals surface area contributed by atoms with E-state index in [-0.39, 0.29) is 23.7 Å². The Bertz CT molecular complexity index is 1020. The number of para-hydroxylation sites is 1. The Balaban J connectivity index is 1.72. The summed E-state index contributed by atoms with van der Waals surface area (Å²) in [5, 5.41) is 30.2. The molecule has 1 aliphatic rings. The summed E-state index contributed by atoms with van der Waals surface area (Å²) in [7, 11) is 0. The van der Waals surface area contributed by atoms with Gasteiger partial charge in [-0.2, -0.15) is 5.26 Å². The quantitative estimate of drug-likeness (QED) is 0.387. The first kappa shape index (κ1) is 24.1. The van der Waals surface area contributed by atoms with Crippen molar-refractivity contribution >= 4 is 34.3 Å². The lowest BCUT2D eigenvalue weighted by atomic mass is 9.87. The van der Waals surface area contributed by atoms with Crippen LogP contribution < -0.4 is 16.0 Å². The van der Waals surface area contributed by atoms with Crippen molar-refractivity contribution in [3.8, 4) is 6.07 Å². The molecule has 0 spiro atoms. The number of carbonyl (C=O) groups excluding carboxylic acids is 2. The fraction of sp³-hybridized carbons (Fsp3) is 0.522. The number of hydrogen-bond donors (Lipinski definition) is 5. The van der Waals surface area contributed by atoms with Gasteiger partial charge in [0.25, 0.3) is 0 Å². The monoisotopic (exact) mass is 459 g/mol. The third-order valence-electron chi connectivity index (χ3n) is 5.57. The second-order valence-electron chi connectivity index (χ2n) is 9.52. The van der Waals surface area contributed by atoms with Gasteiger partial charge < -0.3 is 20.7 Å². The maximum absolute atomic E-state index is 13.1. The van der Waals surface area contributed by atoms with Crippen LogP contribution in [0.1, 0.15) is 52.0 Å². The summed E-state index contributed by atoms with van der Waals surface area (Å²) in [6.07, 6.45) is 0.203. The number of hydrogen-bond acceptors (Lipinski definition) is 5. The van der Waals surface area contributed by atoms with Crippen LogP contribution in [0.3, 0.4) is 0 Å². The molecule has 0 saturated carbocycles. The van der Waals surface area contributed by atoms with Crippen molar-refractivity contribution in [2.45, 2.75) is 58.3 Å². The SMILES string of the molecule is CC(C)(C)CC(NC(O)c1cc2cccc(Cl)c2[nH]1)C(=O)NC(C#N)CC1CCNC1=O. The first-order chi connectivity index (χ1) is 15.1. The second kappa shape index (κ2) is 9.90. The molecule has 5 N–H and O–H groups in total. The van der Waals surface area contributed by atoms with Gasteiger partial charge in [0.2, 0.25) is 11.8 Å². The Morgan fingerprint density at radius 1 is 1.41 bits per heavy atom. The normalized spacial score (nSPS) is 19.2. The van der Waals surface area contributed by atoms with Crippen molar-refractivity contribution in [3.63, 3.8) is 0 Å². The van der Waals surface area contributed by atoms with Gasteiger partial charge in [-0.3, -0.25) is 14.9 Å². The second-order valence-corrected chi connectivity index (χ2v) is 9.93. The first-order valence-corrected chi connectivity index (χ1v) is 11.1. The number of H-pyrrole nitrogens is 1. The van der Waals surface area contributed by atoms with Crippen molar-refractivity contribution in [1.29, 1.82) is 5.26 Å². The fourth-order valence-corrected chi connectivity index (χ4v) is 4.21. The van der Waals surface area contributed by atoms with E-state index in [0.717, 1.165) is 5.39 Å². The minimum absolute atomic E-state index is 0.0863. The molecule has 1 aliphatic heterocycles. The summed E-state index contributed by atoms with van der Waals surface area (Å²) in [5.41, 5.74) is 0.979. The molecule has 3 rings (SSSR count). The smallest absolute Gasteiger partial charge is 0.238 e. The van der Waals surface area contributed by atoms with Gasteiger partial charge in [0.05, 0.1) is 28.3 Å². The first-order valence-electron chi connectivity index (χ1n) is 10.8. The lowest BCUT2D eigenvalue weighted by Crippen LogP contribution is -2.50. The molecule has 2 amide bonds. The van der Waals surface area contributed by atoms with Crippen molar-refractivity contribution in [2.75, 3.05) is 6.54 Å². The molecule has 32 heavy (non-hydrogen) atoms. The van der Waals surface area contributed by atoms with Gasteiger partial charge in [0, 0.05) is 17.8 Å². The van der Waals surface area contributed by atoms with Crippen LogP contribution in [-0.2, 0) is 9.59 Å². The van der Waals surface area contributed by atoms with Crippen LogP contribution in [0.2, 0.25) is 5.02 Å². The molecular formula is C23H30ClN5O3. The number of benzene rings is 1. The maximum Gasteiger partial charge on any atom is 0.238 e. The van der Waals surface area contributed by atoms with E-state index < -0.39 is 24.2 Å². The molecule has 9 heteroatoms. The minimum Gasteiger partial charge on any atom is -0.373 e. The van der Waals surface area contributed by atoms with Gasteiger partial charge in [-0.15, -0.1) is 0 Å². The summed E-state index contributed by atoms with van der Waals surface area (Å²) < 4.78 is 0. The molecule has 1 saturated heterocycles. The molecule has 0 radical (unpaired) electrons. The van der Waals surface area contributed by atoms with Crippen molar-refractivity contribution in [3.05, 3.63) is 35.0 Å². The summed E-state index contributed by atoms with van der Waals surface area (Å²) in [6.45, 7) is 6.57. The number of aromatic nitrogens is 1. The van der Waals surface area contributed by atoms with Crippen molar-refractivity contribution in [2.24, 2.45) is 11.3 Å². The molecule has 4 unspecified atom stereocenters. The summed E-state index contributed by atoms with van der Waals surface area (Å²) in [5.74, 6) is -0.759. The van der Waals surface area contributed by atoms with Crippen LogP contribution in [0, 0.1) is 22.7 Å². The van der Waals surface area contributed by atoms with Gasteiger partial charge >= 0.3 is 0 Å². The molecule has 8 nitrogen and oxygen atoms in total. The molecule has 1 aromatic heterocycles. The maximum atomic E-state index is 13.1. The van der Waals surface area contributed by atoms with E-state index in [2.05, 4.69) is 27.0 Å². The fourth-order valence-electron chi connectivity index (χ4n) is 3.98. The Kier molecular flexibility index (Phi) is 7.44. The summed E-state index contributed by atoms with van der Waals surface area (Å²) >= 11 is 6.22. The lowest BCUT2D eigenvalue weighted by Gasteiger charge is -2.29. The number of nitrogens with one attached hydrogen (secondary N) is 4. The van der Waals surface area contributed by atoms with Gasteiger partial charge in [0.15, 0.2) is 0 Å². The molecule has 0 aliphatic carbocycles. The number of aliphatic hydroxyl groups excluding tert-OH is 1. The summed E-state index contributed by atoms with van der Waals surface area (Å²) in [4.78, 5) is 28.0. The topological polar surface area (TPSA) is 130 Å². The number of nitriles is 1. The largest absolute Gasteiger partial charge is 0.373 e. The predicted octanol–water partition coefficient (Wildman–Crippen LogP) is 2.74. The zero-order chi connectivity index (χ0) is 23.5. The van der Waals surface area contributed by atoms with Gasteiger partial charge in [-0.25, -0.2) is 0 Å². The van der Waals surface area contributed by atoms with Gasteiger partial charge in [-0.05, 0) is 36.8 Å². The number of rotatable bonds is 8. The van der Waals surface area contributed by atoms with E-state index in [0.29, 0.717) is 35.6 Å². The highest BCUT2D eigenvalue weighted by atomic mass is 35.5. The van der Waals surface area contributed by atoms with Crippen LogP contribution in [0.5, 0.6) is 0 Å². The average molecular weight is 460 g/mol. The molecule has 4 atom stereocenters. The lowest BCUT2D eigenvalue weighted by molar-refractivity contribution is -0.126. The summed E-state index contributed by atoms with van der Waals surface area (Å²) in [6, 6.07) is 7.79. The van der Waals surface area contributed by atoms with E-state index in [9.17, 15) is 20.0 Å². The Hall–Kier alpha value is -2.60. The number of halogens is 1. The van der Waals surface area contributed by atoms with Crippen LogP contribution >= 0.6 is 11.6 Å². The van der Waals surface area contributed by atoms with E-state index >= 15 is 0 Å². The molecule has 1 aromatic carbocycles. The zero-order valence-corrected chi connectivity index (χ0v) is 19.3. The number of aromatic amines is 1. The van der Waals surface area contributed by atoms with Crippen LogP contribution in [0.15, 0.2) is 24.3 Å². The van der Waals surface area contributed by atoms with Crippen molar-refractivity contribution < 1.29 is 14.7 Å². The molecular weight excluding hydrogens is 430 g/mol. The van der Waals surface area contributed by atoms with Gasteiger partial charge in [0.1, 0.15) is 12.3 Å². The molecule has 2 heterocycles. The third kappa shape index (κ3) is 6.00.